The van der Waals surface area contributed by atoms with Crippen LogP contribution in [0, 0.1) is 0 Å². The zero-order valence-electron chi connectivity index (χ0n) is 13.0. The number of ether oxygens (including phenoxy) is 1. The SMILES string of the molecule is CCOc1ccccc1NC(=O)Cc1cccc2cccnc12. The molecule has 0 aliphatic heterocycles. The Bertz CT molecular complexity index is 825. The van der Waals surface area contributed by atoms with Crippen molar-refractivity contribution in [3.63, 3.8) is 0 Å². The van der Waals surface area contributed by atoms with Gasteiger partial charge in [0.15, 0.2) is 0 Å². The lowest BCUT2D eigenvalue weighted by Crippen LogP contribution is -2.15. The number of hydrogen-bond acceptors (Lipinski definition) is 3. The van der Waals surface area contributed by atoms with E-state index >= 15 is 0 Å². The largest absolute Gasteiger partial charge is 0.492 e. The Morgan fingerprint density at radius 2 is 1.91 bits per heavy atom. The van der Waals surface area contributed by atoms with E-state index in [0.717, 1.165) is 16.5 Å². The lowest BCUT2D eigenvalue weighted by Gasteiger charge is -2.11. The van der Waals surface area contributed by atoms with Gasteiger partial charge in [0.25, 0.3) is 0 Å². The normalized spacial score (nSPS) is 10.5. The molecule has 4 heteroatoms. The van der Waals surface area contributed by atoms with Crippen LogP contribution in [0.15, 0.2) is 60.8 Å². The molecule has 3 rings (SSSR count). The maximum atomic E-state index is 12.4. The molecule has 1 heterocycles. The minimum atomic E-state index is -0.0877. The minimum Gasteiger partial charge on any atom is -0.492 e. The van der Waals surface area contributed by atoms with E-state index in [-0.39, 0.29) is 12.3 Å². The van der Waals surface area contributed by atoms with Gasteiger partial charge in [0.1, 0.15) is 5.75 Å². The molecule has 0 atom stereocenters. The summed E-state index contributed by atoms with van der Waals surface area (Å²) in [5, 5.41) is 3.95. The van der Waals surface area contributed by atoms with E-state index in [1.807, 2.05) is 61.5 Å². The van der Waals surface area contributed by atoms with Crippen molar-refractivity contribution in [2.24, 2.45) is 0 Å². The van der Waals surface area contributed by atoms with Gasteiger partial charge in [0.05, 0.1) is 24.2 Å². The van der Waals surface area contributed by atoms with E-state index in [0.29, 0.717) is 18.0 Å². The molecule has 0 radical (unpaired) electrons. The molecule has 2 aromatic carbocycles. The topological polar surface area (TPSA) is 51.2 Å². The number of carbonyl (C=O) groups is 1. The van der Waals surface area contributed by atoms with Gasteiger partial charge in [0, 0.05) is 11.6 Å². The molecular formula is C19H18N2O2. The van der Waals surface area contributed by atoms with Crippen molar-refractivity contribution in [2.75, 3.05) is 11.9 Å². The number of fused-ring (bicyclic) bond motifs is 1. The predicted molar refractivity (Wildman–Crippen MR) is 91.7 cm³/mol. The van der Waals surface area contributed by atoms with Gasteiger partial charge >= 0.3 is 0 Å². The van der Waals surface area contributed by atoms with E-state index < -0.39 is 0 Å². The monoisotopic (exact) mass is 306 g/mol. The van der Waals surface area contributed by atoms with Crippen LogP contribution in [-0.2, 0) is 11.2 Å². The zero-order valence-corrected chi connectivity index (χ0v) is 13.0. The van der Waals surface area contributed by atoms with Crippen LogP contribution < -0.4 is 10.1 Å². The average molecular weight is 306 g/mol. The number of amides is 1. The highest BCUT2D eigenvalue weighted by Crippen LogP contribution is 2.24. The van der Waals surface area contributed by atoms with Crippen LogP contribution in [0.5, 0.6) is 5.75 Å². The van der Waals surface area contributed by atoms with Gasteiger partial charge in [-0.05, 0) is 30.7 Å². The number of pyridine rings is 1. The fraction of sp³-hybridized carbons (Fsp3) is 0.158. The molecular weight excluding hydrogens is 288 g/mol. The highest BCUT2D eigenvalue weighted by molar-refractivity contribution is 5.96. The van der Waals surface area contributed by atoms with Crippen LogP contribution >= 0.6 is 0 Å². The predicted octanol–water partition coefficient (Wildman–Crippen LogP) is 3.81. The van der Waals surface area contributed by atoms with Gasteiger partial charge in [-0.1, -0.05) is 36.4 Å². The number of carbonyl (C=O) groups excluding carboxylic acids is 1. The molecule has 116 valence electrons. The lowest BCUT2D eigenvalue weighted by molar-refractivity contribution is -0.115. The van der Waals surface area contributed by atoms with E-state index in [2.05, 4.69) is 10.3 Å². The summed E-state index contributed by atoms with van der Waals surface area (Å²) in [4.78, 5) is 16.8. The molecule has 0 unspecified atom stereocenters. The van der Waals surface area contributed by atoms with Crippen molar-refractivity contribution >= 4 is 22.5 Å². The van der Waals surface area contributed by atoms with Crippen molar-refractivity contribution in [3.05, 3.63) is 66.4 Å². The van der Waals surface area contributed by atoms with E-state index in [1.54, 1.807) is 6.20 Å². The third kappa shape index (κ3) is 3.48. The van der Waals surface area contributed by atoms with Gasteiger partial charge in [-0.3, -0.25) is 9.78 Å². The molecule has 0 saturated carbocycles. The second-order valence-electron chi connectivity index (χ2n) is 5.15. The summed E-state index contributed by atoms with van der Waals surface area (Å²) in [6.07, 6.45) is 2.02. The Kier molecular flexibility index (Phi) is 4.52. The first-order valence-electron chi connectivity index (χ1n) is 7.62. The van der Waals surface area contributed by atoms with E-state index in [1.165, 1.54) is 0 Å². The molecule has 0 spiro atoms. The van der Waals surface area contributed by atoms with Crippen molar-refractivity contribution in [1.29, 1.82) is 0 Å². The lowest BCUT2D eigenvalue weighted by atomic mass is 10.1. The van der Waals surface area contributed by atoms with Crippen LogP contribution in [-0.4, -0.2) is 17.5 Å². The molecule has 0 aliphatic carbocycles. The molecule has 3 aromatic rings. The van der Waals surface area contributed by atoms with Crippen molar-refractivity contribution < 1.29 is 9.53 Å². The highest BCUT2D eigenvalue weighted by Gasteiger charge is 2.10. The minimum absolute atomic E-state index is 0.0877. The van der Waals surface area contributed by atoms with Gasteiger partial charge in [-0.25, -0.2) is 0 Å². The molecule has 0 saturated heterocycles. The summed E-state index contributed by atoms with van der Waals surface area (Å²) >= 11 is 0. The first kappa shape index (κ1) is 15.0. The second-order valence-corrected chi connectivity index (χ2v) is 5.15. The fourth-order valence-electron chi connectivity index (χ4n) is 2.53. The third-order valence-electron chi connectivity index (χ3n) is 3.53. The van der Waals surface area contributed by atoms with Gasteiger partial charge in [-0.2, -0.15) is 0 Å². The first-order valence-corrected chi connectivity index (χ1v) is 7.62. The smallest absolute Gasteiger partial charge is 0.228 e. The molecule has 4 nitrogen and oxygen atoms in total. The van der Waals surface area contributed by atoms with Crippen molar-refractivity contribution in [3.8, 4) is 5.75 Å². The average Bonchev–Trinajstić information content (AvgIpc) is 2.57. The fourth-order valence-corrected chi connectivity index (χ4v) is 2.53. The standard InChI is InChI=1S/C19H18N2O2/c1-2-23-17-11-4-3-10-16(17)21-18(22)13-15-8-5-7-14-9-6-12-20-19(14)15/h3-12H,2,13H2,1H3,(H,21,22). The number of para-hydroxylation sites is 3. The Balaban J connectivity index is 1.79. The number of aromatic nitrogens is 1. The summed E-state index contributed by atoms with van der Waals surface area (Å²) < 4.78 is 5.53. The van der Waals surface area contributed by atoms with Gasteiger partial charge in [0.2, 0.25) is 5.91 Å². The molecule has 1 amide bonds. The van der Waals surface area contributed by atoms with Crippen LogP contribution in [0.3, 0.4) is 0 Å². The maximum absolute atomic E-state index is 12.4. The second kappa shape index (κ2) is 6.92. The van der Waals surface area contributed by atoms with Gasteiger partial charge in [-0.15, -0.1) is 0 Å². The number of benzene rings is 2. The molecule has 1 aromatic heterocycles. The molecule has 23 heavy (non-hydrogen) atoms. The summed E-state index contributed by atoms with van der Waals surface area (Å²) in [6, 6.07) is 17.2. The summed E-state index contributed by atoms with van der Waals surface area (Å²) in [5.41, 5.74) is 2.46. The van der Waals surface area contributed by atoms with Crippen LogP contribution in [0.2, 0.25) is 0 Å². The highest BCUT2D eigenvalue weighted by atomic mass is 16.5. The molecule has 0 fully saturated rings. The van der Waals surface area contributed by atoms with Crippen LogP contribution in [0.1, 0.15) is 12.5 Å². The first-order chi connectivity index (χ1) is 11.3. The number of hydrogen-bond donors (Lipinski definition) is 1. The third-order valence-corrected chi connectivity index (χ3v) is 3.53. The number of anilines is 1. The quantitative estimate of drug-likeness (QED) is 0.779. The number of nitrogens with one attached hydrogen (secondary N) is 1. The molecule has 0 bridgehead atoms. The Hall–Kier alpha value is -2.88. The Morgan fingerprint density at radius 1 is 1.09 bits per heavy atom. The van der Waals surface area contributed by atoms with Gasteiger partial charge < -0.3 is 10.1 Å². The van der Waals surface area contributed by atoms with Crippen LogP contribution in [0.4, 0.5) is 5.69 Å². The number of rotatable bonds is 5. The summed E-state index contributed by atoms with van der Waals surface area (Å²) in [7, 11) is 0. The van der Waals surface area contributed by atoms with Crippen LogP contribution in [0.25, 0.3) is 10.9 Å². The zero-order chi connectivity index (χ0) is 16.1. The molecule has 1 N–H and O–H groups in total. The van der Waals surface area contributed by atoms with Crippen molar-refractivity contribution in [1.82, 2.24) is 4.98 Å². The number of nitrogens with zero attached hydrogens (tertiary/aromatic N) is 1. The Morgan fingerprint density at radius 3 is 2.78 bits per heavy atom. The Labute approximate surface area is 135 Å². The summed E-state index contributed by atoms with van der Waals surface area (Å²) in [5.74, 6) is 0.592. The van der Waals surface area contributed by atoms with E-state index in [4.69, 9.17) is 4.74 Å². The summed E-state index contributed by atoms with van der Waals surface area (Å²) in [6.45, 7) is 2.47. The van der Waals surface area contributed by atoms with E-state index in [9.17, 15) is 4.79 Å². The van der Waals surface area contributed by atoms with Crippen molar-refractivity contribution in [2.45, 2.75) is 13.3 Å². The molecule has 0 aliphatic rings. The maximum Gasteiger partial charge on any atom is 0.228 e.